The Hall–Kier alpha value is -0.290. The Morgan fingerprint density at radius 1 is 1.33 bits per heavy atom. The van der Waals surface area contributed by atoms with Crippen molar-refractivity contribution in [3.8, 4) is 0 Å². The van der Waals surface area contributed by atoms with E-state index >= 15 is 0 Å². The number of hydrogen-bond donors (Lipinski definition) is 2. The molecule has 2 atom stereocenters. The van der Waals surface area contributed by atoms with Gasteiger partial charge in [0, 0.05) is 0 Å². The molecular formula is C7H13F3N2. The predicted molar refractivity (Wildman–Crippen MR) is 39.6 cm³/mol. The molecule has 1 fully saturated rings. The van der Waals surface area contributed by atoms with Crippen LogP contribution in [-0.4, -0.2) is 25.3 Å². The van der Waals surface area contributed by atoms with Gasteiger partial charge in [0.15, 0.2) is 0 Å². The molecular weight excluding hydrogens is 169 g/mol. The van der Waals surface area contributed by atoms with Crippen molar-refractivity contribution >= 4 is 0 Å². The van der Waals surface area contributed by atoms with Crippen LogP contribution in [0.2, 0.25) is 0 Å². The maximum absolute atomic E-state index is 12.1. The van der Waals surface area contributed by atoms with Crippen LogP contribution in [-0.2, 0) is 0 Å². The zero-order chi connectivity index (χ0) is 9.19. The summed E-state index contributed by atoms with van der Waals surface area (Å²) in [6.07, 6.45) is -3.36. The van der Waals surface area contributed by atoms with Crippen LogP contribution in [0.5, 0.6) is 0 Å². The first kappa shape index (κ1) is 9.80. The van der Waals surface area contributed by atoms with Gasteiger partial charge in [0.25, 0.3) is 0 Å². The van der Waals surface area contributed by atoms with E-state index in [0.717, 1.165) is 0 Å². The number of nitrogens with two attached hydrogens (primary N) is 1. The molecule has 0 aromatic carbocycles. The van der Waals surface area contributed by atoms with Gasteiger partial charge in [-0.3, -0.25) is 0 Å². The van der Waals surface area contributed by atoms with Gasteiger partial charge in [-0.1, -0.05) is 0 Å². The van der Waals surface area contributed by atoms with E-state index in [9.17, 15) is 13.2 Å². The Kier molecular flexibility index (Phi) is 2.95. The summed E-state index contributed by atoms with van der Waals surface area (Å²) in [4.78, 5) is 0. The fourth-order valence-corrected chi connectivity index (χ4v) is 1.40. The van der Waals surface area contributed by atoms with Crippen molar-refractivity contribution in [3.05, 3.63) is 0 Å². The molecule has 1 aliphatic rings. The Labute approximate surface area is 69.3 Å². The lowest BCUT2D eigenvalue weighted by molar-refractivity contribution is -0.161. The van der Waals surface area contributed by atoms with Crippen LogP contribution >= 0.6 is 0 Å². The lowest BCUT2D eigenvalue weighted by Crippen LogP contribution is -2.49. The first-order valence-electron chi connectivity index (χ1n) is 4.04. The number of rotatable bonds is 1. The molecule has 0 saturated carbocycles. The van der Waals surface area contributed by atoms with E-state index < -0.39 is 12.2 Å². The highest BCUT2D eigenvalue weighted by Crippen LogP contribution is 2.27. The Morgan fingerprint density at radius 3 is 2.33 bits per heavy atom. The van der Waals surface area contributed by atoms with Crippen molar-refractivity contribution < 1.29 is 13.2 Å². The monoisotopic (exact) mass is 182 g/mol. The highest BCUT2D eigenvalue weighted by atomic mass is 19.4. The summed E-state index contributed by atoms with van der Waals surface area (Å²) < 4.78 is 36.2. The van der Waals surface area contributed by atoms with Gasteiger partial charge in [-0.05, 0) is 31.8 Å². The Balaban J connectivity index is 2.36. The van der Waals surface area contributed by atoms with Gasteiger partial charge in [-0.2, -0.15) is 13.2 Å². The summed E-state index contributed by atoms with van der Waals surface area (Å²) in [5.41, 5.74) is 5.34. The zero-order valence-corrected chi connectivity index (χ0v) is 6.69. The van der Waals surface area contributed by atoms with E-state index in [-0.39, 0.29) is 12.3 Å². The van der Waals surface area contributed by atoms with Gasteiger partial charge in [0.05, 0.1) is 0 Å². The predicted octanol–water partition coefficient (Wildman–Crippen LogP) is 0.876. The van der Waals surface area contributed by atoms with Crippen LogP contribution in [0.3, 0.4) is 0 Å². The van der Waals surface area contributed by atoms with E-state index in [4.69, 9.17) is 5.73 Å². The number of halogens is 3. The summed E-state index contributed by atoms with van der Waals surface area (Å²) >= 11 is 0. The second-order valence-electron chi connectivity index (χ2n) is 3.18. The molecule has 0 spiro atoms. The summed E-state index contributed by atoms with van der Waals surface area (Å²) in [5.74, 6) is 0.212. The molecule has 1 aliphatic heterocycles. The third kappa shape index (κ3) is 2.35. The van der Waals surface area contributed by atoms with Crippen LogP contribution in [0.1, 0.15) is 12.8 Å². The van der Waals surface area contributed by atoms with Gasteiger partial charge in [0.1, 0.15) is 6.04 Å². The van der Waals surface area contributed by atoms with Crippen molar-refractivity contribution in [3.63, 3.8) is 0 Å². The topological polar surface area (TPSA) is 38.0 Å². The van der Waals surface area contributed by atoms with Gasteiger partial charge in [-0.25, -0.2) is 0 Å². The second kappa shape index (κ2) is 3.62. The highest BCUT2D eigenvalue weighted by Gasteiger charge is 2.41. The minimum atomic E-state index is -4.10. The summed E-state index contributed by atoms with van der Waals surface area (Å²) in [7, 11) is 0. The van der Waals surface area contributed by atoms with E-state index in [1.807, 2.05) is 0 Å². The van der Waals surface area contributed by atoms with Crippen LogP contribution in [0.25, 0.3) is 0 Å². The first-order valence-corrected chi connectivity index (χ1v) is 4.04. The van der Waals surface area contributed by atoms with Crippen molar-refractivity contribution in [2.75, 3.05) is 13.1 Å². The van der Waals surface area contributed by atoms with Crippen LogP contribution in [0.4, 0.5) is 13.2 Å². The van der Waals surface area contributed by atoms with E-state index in [2.05, 4.69) is 5.32 Å². The van der Waals surface area contributed by atoms with Gasteiger partial charge in [-0.15, -0.1) is 0 Å². The molecule has 0 aromatic heterocycles. The third-order valence-electron chi connectivity index (χ3n) is 2.24. The van der Waals surface area contributed by atoms with Crippen molar-refractivity contribution in [2.45, 2.75) is 25.1 Å². The highest BCUT2D eigenvalue weighted by molar-refractivity contribution is 4.82. The molecule has 1 rings (SSSR count). The van der Waals surface area contributed by atoms with Crippen molar-refractivity contribution in [1.82, 2.24) is 5.32 Å². The van der Waals surface area contributed by atoms with E-state index in [0.29, 0.717) is 19.5 Å². The SMILES string of the molecule is NC[C@@H]1CC[C@H](C(F)(F)F)NC1. The smallest absolute Gasteiger partial charge is 0.330 e. The fourth-order valence-electron chi connectivity index (χ4n) is 1.40. The minimum absolute atomic E-state index is 0.158. The molecule has 0 amide bonds. The zero-order valence-electron chi connectivity index (χ0n) is 6.69. The first-order chi connectivity index (χ1) is 5.54. The molecule has 72 valence electrons. The van der Waals surface area contributed by atoms with E-state index in [1.54, 1.807) is 0 Å². The maximum Gasteiger partial charge on any atom is 0.403 e. The number of alkyl halides is 3. The Bertz CT molecular complexity index is 138. The molecule has 0 unspecified atom stereocenters. The Morgan fingerprint density at radius 2 is 2.00 bits per heavy atom. The number of hydrogen-bond acceptors (Lipinski definition) is 2. The molecule has 0 radical (unpaired) electrons. The molecule has 12 heavy (non-hydrogen) atoms. The number of piperidine rings is 1. The standard InChI is InChI=1S/C7H13F3N2/c8-7(9,10)6-2-1-5(3-11)4-12-6/h5-6,12H,1-4,11H2/t5-,6+/m0/s1. The van der Waals surface area contributed by atoms with Crippen molar-refractivity contribution in [1.29, 1.82) is 0 Å². The van der Waals surface area contributed by atoms with Crippen molar-refractivity contribution in [2.24, 2.45) is 11.7 Å². The quantitative estimate of drug-likeness (QED) is 0.631. The average molecular weight is 182 g/mol. The minimum Gasteiger partial charge on any atom is -0.330 e. The van der Waals surface area contributed by atoms with Gasteiger partial charge >= 0.3 is 6.18 Å². The fraction of sp³-hybridized carbons (Fsp3) is 1.00. The van der Waals surface area contributed by atoms with Gasteiger partial charge < -0.3 is 11.1 Å². The maximum atomic E-state index is 12.1. The van der Waals surface area contributed by atoms with Crippen LogP contribution in [0.15, 0.2) is 0 Å². The lowest BCUT2D eigenvalue weighted by Gasteiger charge is -2.30. The van der Waals surface area contributed by atoms with E-state index in [1.165, 1.54) is 0 Å². The molecule has 2 nitrogen and oxygen atoms in total. The molecule has 1 saturated heterocycles. The van der Waals surface area contributed by atoms with Crippen LogP contribution in [0, 0.1) is 5.92 Å². The molecule has 0 aromatic rings. The average Bonchev–Trinajstić information content (AvgIpc) is 2.03. The molecule has 3 N–H and O–H groups in total. The normalized spacial score (nSPS) is 32.0. The largest absolute Gasteiger partial charge is 0.403 e. The van der Waals surface area contributed by atoms with Crippen LogP contribution < -0.4 is 11.1 Å². The summed E-state index contributed by atoms with van der Waals surface area (Å²) in [6, 6.07) is -1.32. The third-order valence-corrected chi connectivity index (χ3v) is 2.24. The van der Waals surface area contributed by atoms with Gasteiger partial charge in [0.2, 0.25) is 0 Å². The summed E-state index contributed by atoms with van der Waals surface area (Å²) in [6.45, 7) is 0.859. The number of nitrogens with one attached hydrogen (secondary N) is 1. The summed E-state index contributed by atoms with van der Waals surface area (Å²) in [5, 5.41) is 2.46. The lowest BCUT2D eigenvalue weighted by atomic mass is 9.95. The molecule has 5 heteroatoms. The second-order valence-corrected chi connectivity index (χ2v) is 3.18. The molecule has 0 aliphatic carbocycles. The molecule has 0 bridgehead atoms. The molecule has 1 heterocycles.